The highest BCUT2D eigenvalue weighted by Gasteiger charge is 2.52. The molecular formula is C10H14ClNS. The molecule has 13 heavy (non-hydrogen) atoms. The van der Waals surface area contributed by atoms with Crippen LogP contribution >= 0.6 is 22.9 Å². The van der Waals surface area contributed by atoms with E-state index in [1.807, 2.05) is 11.4 Å². The van der Waals surface area contributed by atoms with Gasteiger partial charge in [-0.25, -0.2) is 0 Å². The van der Waals surface area contributed by atoms with Crippen molar-refractivity contribution in [2.45, 2.75) is 37.6 Å². The van der Waals surface area contributed by atoms with Crippen molar-refractivity contribution < 1.29 is 0 Å². The Balaban J connectivity index is 2.34. The second kappa shape index (κ2) is 2.72. The van der Waals surface area contributed by atoms with Gasteiger partial charge < -0.3 is 5.73 Å². The van der Waals surface area contributed by atoms with Crippen molar-refractivity contribution in [3.05, 3.63) is 21.3 Å². The topological polar surface area (TPSA) is 26.0 Å². The zero-order valence-corrected chi connectivity index (χ0v) is 9.50. The molecule has 1 heterocycles. The molecule has 1 fully saturated rings. The molecule has 0 aliphatic heterocycles. The molecule has 2 rings (SSSR count). The first-order valence-electron chi connectivity index (χ1n) is 4.49. The van der Waals surface area contributed by atoms with Crippen molar-refractivity contribution in [1.82, 2.24) is 0 Å². The summed E-state index contributed by atoms with van der Waals surface area (Å²) in [4.78, 5) is 1.30. The molecule has 1 aromatic rings. The van der Waals surface area contributed by atoms with E-state index in [4.69, 9.17) is 17.3 Å². The van der Waals surface area contributed by atoms with E-state index in [0.717, 1.165) is 17.9 Å². The first-order valence-corrected chi connectivity index (χ1v) is 5.75. The summed E-state index contributed by atoms with van der Waals surface area (Å²) in [6.07, 6.45) is 2.27. The second-order valence-electron chi connectivity index (χ2n) is 4.41. The van der Waals surface area contributed by atoms with Gasteiger partial charge in [-0.15, -0.1) is 11.3 Å². The maximum absolute atomic E-state index is 6.23. The van der Waals surface area contributed by atoms with Gasteiger partial charge in [0.25, 0.3) is 0 Å². The molecule has 1 saturated carbocycles. The third-order valence-corrected chi connectivity index (χ3v) is 4.82. The van der Waals surface area contributed by atoms with Gasteiger partial charge in [0, 0.05) is 21.2 Å². The molecule has 72 valence electrons. The van der Waals surface area contributed by atoms with E-state index in [1.165, 1.54) is 4.88 Å². The SMILES string of the molecule is CC(C)(c1cc(Cl)cs1)C1(N)CC1. The number of thiophene rings is 1. The standard InChI is InChI=1S/C10H14ClNS/c1-9(2,10(12)3-4-10)8-5-7(11)6-13-8/h5-6H,3-4,12H2,1-2H3. The fourth-order valence-electron chi connectivity index (χ4n) is 1.65. The van der Waals surface area contributed by atoms with Crippen LogP contribution in [0.5, 0.6) is 0 Å². The Bertz CT molecular complexity index is 325. The summed E-state index contributed by atoms with van der Waals surface area (Å²) in [7, 11) is 0. The van der Waals surface area contributed by atoms with E-state index in [0.29, 0.717) is 0 Å². The molecule has 0 radical (unpaired) electrons. The van der Waals surface area contributed by atoms with Crippen LogP contribution in [0.1, 0.15) is 31.6 Å². The summed E-state index contributed by atoms with van der Waals surface area (Å²) in [6, 6.07) is 2.04. The fraction of sp³-hybridized carbons (Fsp3) is 0.600. The van der Waals surface area contributed by atoms with Crippen molar-refractivity contribution >= 4 is 22.9 Å². The molecule has 3 heteroatoms. The first-order chi connectivity index (χ1) is 5.96. The molecule has 1 aliphatic carbocycles. The highest BCUT2D eigenvalue weighted by Crippen LogP contribution is 2.50. The molecule has 0 atom stereocenters. The Kier molecular flexibility index (Phi) is 1.99. The molecule has 1 aliphatic rings. The van der Waals surface area contributed by atoms with Crippen LogP contribution in [0.3, 0.4) is 0 Å². The average Bonchev–Trinajstić information content (AvgIpc) is 2.63. The minimum Gasteiger partial charge on any atom is -0.324 e. The van der Waals surface area contributed by atoms with Crippen LogP contribution in [0.2, 0.25) is 5.02 Å². The molecule has 0 amide bonds. The summed E-state index contributed by atoms with van der Waals surface area (Å²) in [5.74, 6) is 0. The molecule has 0 bridgehead atoms. The number of hydrogen-bond acceptors (Lipinski definition) is 2. The first kappa shape index (κ1) is 9.50. The highest BCUT2D eigenvalue weighted by atomic mass is 35.5. The Morgan fingerprint density at radius 2 is 2.15 bits per heavy atom. The number of rotatable bonds is 2. The minimum absolute atomic E-state index is 0.0151. The van der Waals surface area contributed by atoms with E-state index in [9.17, 15) is 0 Å². The molecule has 0 unspecified atom stereocenters. The predicted octanol–water partition coefficient (Wildman–Crippen LogP) is 3.17. The zero-order chi connectivity index (χ0) is 9.69. The number of halogens is 1. The monoisotopic (exact) mass is 215 g/mol. The molecule has 0 saturated heterocycles. The van der Waals surface area contributed by atoms with E-state index in [2.05, 4.69) is 13.8 Å². The van der Waals surface area contributed by atoms with Gasteiger partial charge in [0.2, 0.25) is 0 Å². The van der Waals surface area contributed by atoms with Crippen LogP contribution in [-0.4, -0.2) is 5.54 Å². The Labute approximate surface area is 87.9 Å². The van der Waals surface area contributed by atoms with Gasteiger partial charge in [-0.1, -0.05) is 25.4 Å². The van der Waals surface area contributed by atoms with Crippen molar-refractivity contribution in [2.75, 3.05) is 0 Å². The summed E-state index contributed by atoms with van der Waals surface area (Å²) >= 11 is 7.62. The number of nitrogens with two attached hydrogens (primary N) is 1. The maximum atomic E-state index is 6.23. The van der Waals surface area contributed by atoms with Gasteiger partial charge in [0.05, 0.1) is 5.02 Å². The van der Waals surface area contributed by atoms with Gasteiger partial charge in [-0.05, 0) is 18.9 Å². The van der Waals surface area contributed by atoms with E-state index >= 15 is 0 Å². The Morgan fingerprint density at radius 3 is 2.54 bits per heavy atom. The van der Waals surface area contributed by atoms with Crippen LogP contribution in [0.4, 0.5) is 0 Å². The lowest BCUT2D eigenvalue weighted by molar-refractivity contribution is 0.398. The van der Waals surface area contributed by atoms with Gasteiger partial charge in [0.15, 0.2) is 0 Å². The Morgan fingerprint density at radius 1 is 1.54 bits per heavy atom. The van der Waals surface area contributed by atoms with Crippen LogP contribution in [-0.2, 0) is 5.41 Å². The second-order valence-corrected chi connectivity index (χ2v) is 5.76. The summed E-state index contributed by atoms with van der Waals surface area (Å²) in [5, 5.41) is 2.81. The molecule has 1 aromatic heterocycles. The molecular weight excluding hydrogens is 202 g/mol. The predicted molar refractivity (Wildman–Crippen MR) is 58.5 cm³/mol. The van der Waals surface area contributed by atoms with Crippen molar-refractivity contribution in [1.29, 1.82) is 0 Å². The maximum Gasteiger partial charge on any atom is 0.0516 e. The van der Waals surface area contributed by atoms with Crippen molar-refractivity contribution in [3.8, 4) is 0 Å². The van der Waals surface area contributed by atoms with Crippen molar-refractivity contribution in [3.63, 3.8) is 0 Å². The lowest BCUT2D eigenvalue weighted by Gasteiger charge is -2.30. The van der Waals surface area contributed by atoms with Crippen LogP contribution in [0.15, 0.2) is 11.4 Å². The van der Waals surface area contributed by atoms with Crippen molar-refractivity contribution in [2.24, 2.45) is 5.73 Å². The van der Waals surface area contributed by atoms with Gasteiger partial charge in [-0.2, -0.15) is 0 Å². The molecule has 0 aromatic carbocycles. The van der Waals surface area contributed by atoms with Gasteiger partial charge in [-0.3, -0.25) is 0 Å². The van der Waals surface area contributed by atoms with Crippen LogP contribution in [0.25, 0.3) is 0 Å². The van der Waals surface area contributed by atoms with Gasteiger partial charge in [0.1, 0.15) is 0 Å². The largest absolute Gasteiger partial charge is 0.324 e. The third-order valence-electron chi connectivity index (χ3n) is 3.22. The van der Waals surface area contributed by atoms with Gasteiger partial charge >= 0.3 is 0 Å². The quantitative estimate of drug-likeness (QED) is 0.806. The average molecular weight is 216 g/mol. The smallest absolute Gasteiger partial charge is 0.0516 e. The highest BCUT2D eigenvalue weighted by molar-refractivity contribution is 7.10. The zero-order valence-electron chi connectivity index (χ0n) is 7.93. The summed E-state index contributed by atoms with van der Waals surface area (Å²) in [6.45, 7) is 4.42. The van der Waals surface area contributed by atoms with E-state index < -0.39 is 0 Å². The molecule has 2 N–H and O–H groups in total. The lowest BCUT2D eigenvalue weighted by atomic mass is 9.81. The van der Waals surface area contributed by atoms with Crippen LogP contribution < -0.4 is 5.73 Å². The molecule has 0 spiro atoms. The fourth-order valence-corrected chi connectivity index (χ4v) is 2.95. The third kappa shape index (κ3) is 1.41. The lowest BCUT2D eigenvalue weighted by Crippen LogP contribution is -2.42. The normalized spacial score (nSPS) is 20.3. The van der Waals surface area contributed by atoms with E-state index in [1.54, 1.807) is 11.3 Å². The summed E-state index contributed by atoms with van der Waals surface area (Å²) < 4.78 is 0. The molecule has 1 nitrogen and oxygen atoms in total. The summed E-state index contributed by atoms with van der Waals surface area (Å²) in [5.41, 5.74) is 6.32. The number of hydrogen-bond donors (Lipinski definition) is 1. The van der Waals surface area contributed by atoms with Crippen LogP contribution in [0, 0.1) is 0 Å². The Hall–Kier alpha value is -0.0500. The van der Waals surface area contributed by atoms with E-state index in [-0.39, 0.29) is 11.0 Å². The minimum atomic E-state index is 0.0151.